The van der Waals surface area contributed by atoms with E-state index in [2.05, 4.69) is 40.8 Å². The molecule has 1 saturated carbocycles. The molecule has 0 N–H and O–H groups in total. The van der Waals surface area contributed by atoms with Crippen LogP contribution in [0.4, 0.5) is 0 Å². The Kier molecular flexibility index (Phi) is 8.02. The minimum atomic E-state index is 0.311. The fraction of sp³-hybridized carbons (Fsp3) is 0.542. The maximum Gasteiger partial charge on any atom is 0.222 e. The van der Waals surface area contributed by atoms with E-state index < -0.39 is 0 Å². The second-order valence-corrected chi connectivity index (χ2v) is 8.48. The molecule has 4 heteroatoms. The van der Waals surface area contributed by atoms with Gasteiger partial charge in [0.25, 0.3) is 0 Å². The molecule has 1 amide bonds. The van der Waals surface area contributed by atoms with E-state index in [1.807, 2.05) is 18.2 Å². The Hall–Kier alpha value is -1.74. The van der Waals surface area contributed by atoms with Gasteiger partial charge >= 0.3 is 0 Å². The van der Waals surface area contributed by atoms with Crippen molar-refractivity contribution < 1.29 is 4.79 Å². The number of hydrogen-bond acceptors (Lipinski definition) is 1. The number of nitrogens with zero attached hydrogens (tertiary/aromatic N) is 2. The number of rotatable bonds is 10. The molecule has 152 valence electrons. The van der Waals surface area contributed by atoms with Crippen molar-refractivity contribution in [3.8, 4) is 0 Å². The average molecular weight is 401 g/mol. The maximum atomic E-state index is 13.0. The average Bonchev–Trinajstić information content (AvgIpc) is 3.37. The molecule has 0 atom stereocenters. The first-order valence-corrected chi connectivity index (χ1v) is 11.2. The number of amides is 1. The van der Waals surface area contributed by atoms with E-state index in [-0.39, 0.29) is 0 Å². The monoisotopic (exact) mass is 400 g/mol. The van der Waals surface area contributed by atoms with Crippen LogP contribution in [0.15, 0.2) is 42.6 Å². The second-order valence-electron chi connectivity index (χ2n) is 8.08. The quantitative estimate of drug-likeness (QED) is 0.460. The van der Waals surface area contributed by atoms with Gasteiger partial charge in [-0.1, -0.05) is 68.8 Å². The number of carbonyl (C=O) groups is 1. The van der Waals surface area contributed by atoms with E-state index >= 15 is 0 Å². The molecular weight excluding hydrogens is 368 g/mol. The summed E-state index contributed by atoms with van der Waals surface area (Å²) >= 11 is 6.34. The van der Waals surface area contributed by atoms with Crippen LogP contribution in [0.2, 0.25) is 5.02 Å². The normalized spacial score (nSPS) is 14.5. The summed E-state index contributed by atoms with van der Waals surface area (Å²) in [6.45, 7) is 4.44. The first-order valence-electron chi connectivity index (χ1n) is 10.8. The van der Waals surface area contributed by atoms with E-state index in [4.69, 9.17) is 11.6 Å². The van der Waals surface area contributed by atoms with Gasteiger partial charge < -0.3 is 9.47 Å². The molecular formula is C24H33ClN2O. The molecule has 2 aromatic rings. The predicted molar refractivity (Wildman–Crippen MR) is 117 cm³/mol. The zero-order valence-corrected chi connectivity index (χ0v) is 17.8. The van der Waals surface area contributed by atoms with Crippen molar-refractivity contribution in [3.05, 3.63) is 58.9 Å². The molecule has 0 spiro atoms. The standard InChI is InChI=1S/C24H33ClN2O/c1-2-3-16-27(24(28)15-14-20-9-4-5-10-20)19-22-12-8-17-26(22)18-21-11-6-7-13-23(21)25/h6-8,11-13,17,20H,2-5,9-10,14-16,18-19H2,1H3. The Bertz CT molecular complexity index is 749. The lowest BCUT2D eigenvalue weighted by Gasteiger charge is -2.24. The molecule has 0 saturated heterocycles. The van der Waals surface area contributed by atoms with Crippen LogP contribution in [0.25, 0.3) is 0 Å². The van der Waals surface area contributed by atoms with E-state index in [1.165, 1.54) is 31.4 Å². The Labute approximate surface area is 174 Å². The summed E-state index contributed by atoms with van der Waals surface area (Å²) in [5.41, 5.74) is 2.28. The molecule has 0 radical (unpaired) electrons. The molecule has 0 bridgehead atoms. The van der Waals surface area contributed by atoms with Crippen molar-refractivity contribution in [2.24, 2.45) is 5.92 Å². The summed E-state index contributed by atoms with van der Waals surface area (Å²) in [7, 11) is 0. The predicted octanol–water partition coefficient (Wildman–Crippen LogP) is 6.29. The minimum Gasteiger partial charge on any atom is -0.345 e. The van der Waals surface area contributed by atoms with Crippen molar-refractivity contribution in [1.29, 1.82) is 0 Å². The van der Waals surface area contributed by atoms with Crippen molar-refractivity contribution in [3.63, 3.8) is 0 Å². The van der Waals surface area contributed by atoms with E-state index in [1.54, 1.807) is 0 Å². The highest BCUT2D eigenvalue weighted by Crippen LogP contribution is 2.29. The Morgan fingerprint density at radius 3 is 2.71 bits per heavy atom. The summed E-state index contributed by atoms with van der Waals surface area (Å²) < 4.78 is 2.21. The zero-order chi connectivity index (χ0) is 19.8. The van der Waals surface area contributed by atoms with Crippen molar-refractivity contribution in [2.75, 3.05) is 6.54 Å². The Morgan fingerprint density at radius 2 is 1.96 bits per heavy atom. The second kappa shape index (κ2) is 10.7. The van der Waals surface area contributed by atoms with Gasteiger partial charge in [0.05, 0.1) is 6.54 Å². The van der Waals surface area contributed by atoms with Gasteiger partial charge in [-0.25, -0.2) is 0 Å². The van der Waals surface area contributed by atoms with Gasteiger partial charge in [0, 0.05) is 36.4 Å². The highest BCUT2D eigenvalue weighted by atomic mass is 35.5. The molecule has 3 nitrogen and oxygen atoms in total. The Morgan fingerprint density at radius 1 is 1.18 bits per heavy atom. The van der Waals surface area contributed by atoms with Crippen LogP contribution in [0.1, 0.15) is 69.5 Å². The van der Waals surface area contributed by atoms with Crippen LogP contribution in [0.3, 0.4) is 0 Å². The topological polar surface area (TPSA) is 25.2 Å². The molecule has 3 rings (SSSR count). The lowest BCUT2D eigenvalue weighted by molar-refractivity contribution is -0.132. The molecule has 1 aliphatic rings. The third-order valence-corrected chi connectivity index (χ3v) is 6.32. The fourth-order valence-corrected chi connectivity index (χ4v) is 4.37. The first-order chi connectivity index (χ1) is 13.7. The Balaban J connectivity index is 1.64. The number of benzene rings is 1. The van der Waals surface area contributed by atoms with Crippen molar-refractivity contribution >= 4 is 17.5 Å². The third-order valence-electron chi connectivity index (χ3n) is 5.95. The van der Waals surface area contributed by atoms with Crippen LogP contribution in [-0.4, -0.2) is 21.9 Å². The smallest absolute Gasteiger partial charge is 0.222 e. The van der Waals surface area contributed by atoms with Crippen LogP contribution in [0, 0.1) is 5.92 Å². The van der Waals surface area contributed by atoms with Gasteiger partial charge in [-0.15, -0.1) is 0 Å². The van der Waals surface area contributed by atoms with Crippen LogP contribution in [-0.2, 0) is 17.9 Å². The summed E-state index contributed by atoms with van der Waals surface area (Å²) in [6.07, 6.45) is 11.3. The molecule has 0 unspecified atom stereocenters. The number of unbranched alkanes of at least 4 members (excludes halogenated alkanes) is 1. The number of carbonyl (C=O) groups excluding carboxylic acids is 1. The number of hydrogen-bond donors (Lipinski definition) is 0. The van der Waals surface area contributed by atoms with Gasteiger partial charge in [-0.2, -0.15) is 0 Å². The molecule has 1 aliphatic carbocycles. The summed E-state index contributed by atoms with van der Waals surface area (Å²) in [5, 5.41) is 0.789. The molecule has 28 heavy (non-hydrogen) atoms. The zero-order valence-electron chi connectivity index (χ0n) is 17.1. The van der Waals surface area contributed by atoms with Crippen LogP contribution >= 0.6 is 11.6 Å². The van der Waals surface area contributed by atoms with Gasteiger partial charge in [-0.05, 0) is 42.5 Å². The SMILES string of the molecule is CCCCN(Cc1cccn1Cc1ccccc1Cl)C(=O)CCC1CCCC1. The summed E-state index contributed by atoms with van der Waals surface area (Å²) in [5.74, 6) is 1.08. The lowest BCUT2D eigenvalue weighted by Crippen LogP contribution is -2.32. The maximum absolute atomic E-state index is 13.0. The van der Waals surface area contributed by atoms with Gasteiger partial charge in [-0.3, -0.25) is 4.79 Å². The summed E-state index contributed by atoms with van der Waals surface area (Å²) in [6, 6.07) is 12.2. The van der Waals surface area contributed by atoms with Gasteiger partial charge in [0.1, 0.15) is 0 Å². The van der Waals surface area contributed by atoms with E-state index in [0.717, 1.165) is 48.9 Å². The molecule has 1 fully saturated rings. The van der Waals surface area contributed by atoms with E-state index in [0.29, 0.717) is 18.9 Å². The molecule has 0 aliphatic heterocycles. The molecule has 1 aromatic carbocycles. The molecule has 1 aromatic heterocycles. The first kappa shape index (κ1) is 21.0. The minimum absolute atomic E-state index is 0.311. The highest BCUT2D eigenvalue weighted by molar-refractivity contribution is 6.31. The van der Waals surface area contributed by atoms with Crippen molar-refractivity contribution in [2.45, 2.75) is 71.4 Å². The molecule has 1 heterocycles. The van der Waals surface area contributed by atoms with Crippen LogP contribution in [0.5, 0.6) is 0 Å². The van der Waals surface area contributed by atoms with Crippen molar-refractivity contribution in [1.82, 2.24) is 9.47 Å². The number of halogens is 1. The lowest BCUT2D eigenvalue weighted by atomic mass is 10.0. The summed E-state index contributed by atoms with van der Waals surface area (Å²) in [4.78, 5) is 15.0. The van der Waals surface area contributed by atoms with Gasteiger partial charge in [0.15, 0.2) is 0 Å². The largest absolute Gasteiger partial charge is 0.345 e. The fourth-order valence-electron chi connectivity index (χ4n) is 4.18. The third kappa shape index (κ3) is 5.88. The highest BCUT2D eigenvalue weighted by Gasteiger charge is 2.20. The van der Waals surface area contributed by atoms with Gasteiger partial charge in [0.2, 0.25) is 5.91 Å². The van der Waals surface area contributed by atoms with E-state index in [9.17, 15) is 4.79 Å². The number of aromatic nitrogens is 1. The van der Waals surface area contributed by atoms with Crippen LogP contribution < -0.4 is 0 Å².